The van der Waals surface area contributed by atoms with Crippen molar-refractivity contribution in [3.8, 4) is 0 Å². The van der Waals surface area contributed by atoms with E-state index in [1.807, 2.05) is 0 Å². The number of hydrogen-bond donors (Lipinski definition) is 1. The van der Waals surface area contributed by atoms with Crippen LogP contribution in [0.4, 0.5) is 0 Å². The molecule has 1 saturated carbocycles. The molecule has 20 heavy (non-hydrogen) atoms. The number of nitrogens with zero attached hydrogens (tertiary/aromatic N) is 1. The molecule has 4 heteroatoms. The summed E-state index contributed by atoms with van der Waals surface area (Å²) in [5.41, 5.74) is 0.305. The quantitative estimate of drug-likeness (QED) is 0.865. The molecule has 1 aliphatic heterocycles. The third-order valence-corrected chi connectivity index (χ3v) is 4.80. The van der Waals surface area contributed by atoms with E-state index in [0.29, 0.717) is 36.6 Å². The molecule has 0 spiro atoms. The molecule has 2 fully saturated rings. The monoisotopic (exact) mass is 281 g/mol. The van der Waals surface area contributed by atoms with E-state index in [1.165, 1.54) is 6.42 Å². The SMILES string of the molecule is CC1CC(CC(=O)N2CCCC2C(=O)O)CC(C)(C)C1. The summed E-state index contributed by atoms with van der Waals surface area (Å²) in [7, 11) is 0. The molecule has 0 aromatic carbocycles. The third kappa shape index (κ3) is 3.53. The maximum atomic E-state index is 12.4. The van der Waals surface area contributed by atoms with Crippen molar-refractivity contribution in [1.29, 1.82) is 0 Å². The summed E-state index contributed by atoms with van der Waals surface area (Å²) < 4.78 is 0. The van der Waals surface area contributed by atoms with Gasteiger partial charge in [0.1, 0.15) is 6.04 Å². The molecule has 3 atom stereocenters. The van der Waals surface area contributed by atoms with Crippen LogP contribution in [-0.2, 0) is 9.59 Å². The molecule has 4 nitrogen and oxygen atoms in total. The van der Waals surface area contributed by atoms with Gasteiger partial charge in [-0.2, -0.15) is 0 Å². The van der Waals surface area contributed by atoms with Crippen molar-refractivity contribution in [3.63, 3.8) is 0 Å². The van der Waals surface area contributed by atoms with Gasteiger partial charge in [-0.1, -0.05) is 20.8 Å². The van der Waals surface area contributed by atoms with Crippen LogP contribution in [0.3, 0.4) is 0 Å². The van der Waals surface area contributed by atoms with Gasteiger partial charge in [-0.15, -0.1) is 0 Å². The second kappa shape index (κ2) is 5.74. The number of carboxylic acids is 1. The highest BCUT2D eigenvalue weighted by Crippen LogP contribution is 2.43. The molecule has 1 heterocycles. The van der Waals surface area contributed by atoms with Gasteiger partial charge in [0.25, 0.3) is 0 Å². The molecule has 3 unspecified atom stereocenters. The predicted molar refractivity (Wildman–Crippen MR) is 77.3 cm³/mol. The molecule has 0 aromatic rings. The van der Waals surface area contributed by atoms with Crippen molar-refractivity contribution in [2.24, 2.45) is 17.3 Å². The van der Waals surface area contributed by atoms with E-state index in [9.17, 15) is 9.59 Å². The lowest BCUT2D eigenvalue weighted by atomic mass is 9.67. The van der Waals surface area contributed by atoms with Crippen LogP contribution in [0.5, 0.6) is 0 Å². The van der Waals surface area contributed by atoms with E-state index in [-0.39, 0.29) is 5.91 Å². The van der Waals surface area contributed by atoms with E-state index in [2.05, 4.69) is 20.8 Å². The van der Waals surface area contributed by atoms with Gasteiger partial charge in [0.05, 0.1) is 0 Å². The average Bonchev–Trinajstić information content (AvgIpc) is 2.74. The van der Waals surface area contributed by atoms with Crippen molar-refractivity contribution in [3.05, 3.63) is 0 Å². The summed E-state index contributed by atoms with van der Waals surface area (Å²) in [6.07, 6.45) is 5.34. The molecular formula is C16H27NO3. The predicted octanol–water partition coefficient (Wildman–Crippen LogP) is 2.91. The highest BCUT2D eigenvalue weighted by atomic mass is 16.4. The van der Waals surface area contributed by atoms with Crippen molar-refractivity contribution in [2.75, 3.05) is 6.54 Å². The first kappa shape index (κ1) is 15.3. The number of carbonyl (C=O) groups excluding carboxylic acids is 1. The van der Waals surface area contributed by atoms with Crippen LogP contribution >= 0.6 is 0 Å². The zero-order valence-electron chi connectivity index (χ0n) is 12.9. The van der Waals surface area contributed by atoms with Crippen LogP contribution in [0.25, 0.3) is 0 Å². The lowest BCUT2D eigenvalue weighted by Gasteiger charge is -2.39. The van der Waals surface area contributed by atoms with Gasteiger partial charge >= 0.3 is 5.97 Å². The Bertz CT molecular complexity index is 391. The van der Waals surface area contributed by atoms with E-state index in [0.717, 1.165) is 19.3 Å². The Hall–Kier alpha value is -1.06. The standard InChI is InChI=1S/C16H27NO3/c1-11-7-12(10-16(2,3)9-11)8-14(18)17-6-4-5-13(17)15(19)20/h11-13H,4-10H2,1-3H3,(H,19,20). The Morgan fingerprint density at radius 3 is 2.60 bits per heavy atom. The maximum Gasteiger partial charge on any atom is 0.326 e. The molecule has 1 amide bonds. The van der Waals surface area contributed by atoms with Gasteiger partial charge in [0.15, 0.2) is 0 Å². The average molecular weight is 281 g/mol. The van der Waals surface area contributed by atoms with Crippen molar-refractivity contribution >= 4 is 11.9 Å². The topological polar surface area (TPSA) is 57.6 Å². The van der Waals surface area contributed by atoms with Crippen LogP contribution in [0.15, 0.2) is 0 Å². The summed E-state index contributed by atoms with van der Waals surface area (Å²) in [6.45, 7) is 7.42. The summed E-state index contributed by atoms with van der Waals surface area (Å²) in [6, 6.07) is -0.587. The van der Waals surface area contributed by atoms with Gasteiger partial charge in [-0.3, -0.25) is 4.79 Å². The molecule has 2 aliphatic rings. The minimum Gasteiger partial charge on any atom is -0.480 e. The van der Waals surface area contributed by atoms with Crippen LogP contribution < -0.4 is 0 Å². The van der Waals surface area contributed by atoms with Crippen LogP contribution in [0.2, 0.25) is 0 Å². The fourth-order valence-electron chi connectivity index (χ4n) is 4.39. The Morgan fingerprint density at radius 2 is 2.00 bits per heavy atom. The van der Waals surface area contributed by atoms with Crippen LogP contribution in [-0.4, -0.2) is 34.5 Å². The zero-order valence-corrected chi connectivity index (χ0v) is 12.9. The van der Waals surface area contributed by atoms with Gasteiger partial charge in [0, 0.05) is 13.0 Å². The van der Waals surface area contributed by atoms with E-state index >= 15 is 0 Å². The summed E-state index contributed by atoms with van der Waals surface area (Å²) in [5, 5.41) is 9.17. The summed E-state index contributed by atoms with van der Waals surface area (Å²) >= 11 is 0. The number of rotatable bonds is 3. The molecule has 0 aromatic heterocycles. The first-order chi connectivity index (χ1) is 9.28. The van der Waals surface area contributed by atoms with Crippen molar-refractivity contribution in [2.45, 2.75) is 65.3 Å². The molecule has 1 aliphatic carbocycles. The van der Waals surface area contributed by atoms with E-state index in [4.69, 9.17) is 5.11 Å². The number of amides is 1. The maximum absolute atomic E-state index is 12.4. The minimum absolute atomic E-state index is 0.0461. The minimum atomic E-state index is -0.854. The first-order valence-electron chi connectivity index (χ1n) is 7.81. The Balaban J connectivity index is 1.95. The fraction of sp³-hybridized carbons (Fsp3) is 0.875. The molecule has 1 N–H and O–H groups in total. The number of aliphatic carboxylic acids is 1. The molecule has 1 saturated heterocycles. The Morgan fingerprint density at radius 1 is 1.30 bits per heavy atom. The summed E-state index contributed by atoms with van der Waals surface area (Å²) in [4.78, 5) is 25.2. The van der Waals surface area contributed by atoms with E-state index < -0.39 is 12.0 Å². The van der Waals surface area contributed by atoms with Gasteiger partial charge in [-0.05, 0) is 49.4 Å². The smallest absolute Gasteiger partial charge is 0.326 e. The van der Waals surface area contributed by atoms with Crippen molar-refractivity contribution < 1.29 is 14.7 Å². The zero-order chi connectivity index (χ0) is 14.9. The van der Waals surface area contributed by atoms with Crippen LogP contribution in [0.1, 0.15) is 59.3 Å². The lowest BCUT2D eigenvalue weighted by Crippen LogP contribution is -2.42. The lowest BCUT2D eigenvalue weighted by molar-refractivity contribution is -0.148. The Kier molecular flexibility index (Phi) is 4.40. The molecule has 0 bridgehead atoms. The second-order valence-electron chi connectivity index (χ2n) is 7.57. The highest BCUT2D eigenvalue weighted by molar-refractivity contribution is 5.84. The highest BCUT2D eigenvalue weighted by Gasteiger charge is 2.37. The molecule has 0 radical (unpaired) electrons. The van der Waals surface area contributed by atoms with Gasteiger partial charge in [0.2, 0.25) is 5.91 Å². The first-order valence-corrected chi connectivity index (χ1v) is 7.81. The normalized spacial score (nSPS) is 33.1. The Labute approximate surface area is 121 Å². The van der Waals surface area contributed by atoms with E-state index in [1.54, 1.807) is 4.90 Å². The molecule has 114 valence electrons. The van der Waals surface area contributed by atoms with Crippen LogP contribution in [0, 0.1) is 17.3 Å². The second-order valence-corrected chi connectivity index (χ2v) is 7.57. The third-order valence-electron chi connectivity index (χ3n) is 4.80. The fourth-order valence-corrected chi connectivity index (χ4v) is 4.39. The molecule has 2 rings (SSSR count). The number of likely N-dealkylation sites (tertiary alicyclic amines) is 1. The summed E-state index contributed by atoms with van der Waals surface area (Å²) in [5.74, 6) is 0.264. The van der Waals surface area contributed by atoms with Crippen molar-refractivity contribution in [1.82, 2.24) is 4.90 Å². The number of carboxylic acid groups (broad SMARTS) is 1. The van der Waals surface area contributed by atoms with Gasteiger partial charge in [-0.25, -0.2) is 4.79 Å². The number of carbonyl (C=O) groups is 2. The number of hydrogen-bond acceptors (Lipinski definition) is 2. The molecular weight excluding hydrogens is 254 g/mol. The largest absolute Gasteiger partial charge is 0.480 e. The van der Waals surface area contributed by atoms with Gasteiger partial charge < -0.3 is 10.0 Å².